The lowest BCUT2D eigenvalue weighted by molar-refractivity contribution is 0.0655. The van der Waals surface area contributed by atoms with Crippen LogP contribution in [-0.2, 0) is 11.2 Å². The first kappa shape index (κ1) is 25.8. The van der Waals surface area contributed by atoms with E-state index >= 15 is 0 Å². The fourth-order valence-electron chi connectivity index (χ4n) is 5.06. The average molecular weight is 500 g/mol. The third-order valence-electron chi connectivity index (χ3n) is 7.14. The van der Waals surface area contributed by atoms with Crippen molar-refractivity contribution in [1.82, 2.24) is 15.0 Å². The van der Waals surface area contributed by atoms with E-state index in [1.54, 1.807) is 11.3 Å². The number of pyridine rings is 2. The Labute approximate surface area is 211 Å². The highest BCUT2D eigenvalue weighted by molar-refractivity contribution is 7.21. The fraction of sp³-hybridized carbons (Fsp3) is 0.577. The van der Waals surface area contributed by atoms with Gasteiger partial charge in [-0.15, -0.1) is 11.3 Å². The predicted octanol–water partition coefficient (Wildman–Crippen LogP) is 4.17. The number of ether oxygens (including phenoxy) is 1. The van der Waals surface area contributed by atoms with Crippen LogP contribution in [0.5, 0.6) is 0 Å². The molecule has 3 aromatic heterocycles. The summed E-state index contributed by atoms with van der Waals surface area (Å²) in [4.78, 5) is 14.5. The van der Waals surface area contributed by atoms with Gasteiger partial charge in [-0.05, 0) is 50.8 Å². The predicted molar refractivity (Wildman–Crippen MR) is 142 cm³/mol. The van der Waals surface area contributed by atoms with Crippen molar-refractivity contribution in [3.05, 3.63) is 29.1 Å². The number of aromatic nitrogens is 3. The molecule has 35 heavy (non-hydrogen) atoms. The van der Waals surface area contributed by atoms with E-state index in [0.29, 0.717) is 26.2 Å². The number of fused-ring (bicyclic) bond motifs is 1. The third-order valence-corrected chi connectivity index (χ3v) is 8.18. The van der Waals surface area contributed by atoms with Gasteiger partial charge in [0.1, 0.15) is 22.2 Å². The van der Waals surface area contributed by atoms with E-state index in [2.05, 4.69) is 29.5 Å². The van der Waals surface area contributed by atoms with E-state index in [-0.39, 0.29) is 24.5 Å². The van der Waals surface area contributed by atoms with Crippen LogP contribution in [0.25, 0.3) is 20.8 Å². The highest BCUT2D eigenvalue weighted by Gasteiger charge is 2.40. The molecule has 0 bridgehead atoms. The van der Waals surface area contributed by atoms with Crippen LogP contribution in [-0.4, -0.2) is 63.7 Å². The average Bonchev–Trinajstić information content (AvgIpc) is 3.39. The third kappa shape index (κ3) is 5.14. The number of hydrogen-bond acceptors (Lipinski definition) is 9. The van der Waals surface area contributed by atoms with Gasteiger partial charge in [0.25, 0.3) is 0 Å². The van der Waals surface area contributed by atoms with Crippen LogP contribution in [0.1, 0.15) is 44.0 Å². The number of aliphatic hydroxyl groups is 2. The molecule has 1 aliphatic carbocycles. The largest absolute Gasteiger partial charge is 0.396 e. The number of aliphatic hydroxyl groups excluding tert-OH is 2. The molecule has 4 atom stereocenters. The maximum absolute atomic E-state index is 10.6. The second-order valence-corrected chi connectivity index (χ2v) is 10.3. The summed E-state index contributed by atoms with van der Waals surface area (Å²) < 4.78 is 6.61. The van der Waals surface area contributed by atoms with Crippen LogP contribution in [0.2, 0.25) is 0 Å². The Morgan fingerprint density at radius 1 is 1.20 bits per heavy atom. The number of anilines is 2. The van der Waals surface area contributed by atoms with Crippen LogP contribution in [0, 0.1) is 25.7 Å². The van der Waals surface area contributed by atoms with Crippen LogP contribution < -0.4 is 10.6 Å². The van der Waals surface area contributed by atoms with E-state index in [1.165, 1.54) is 0 Å². The summed E-state index contributed by atoms with van der Waals surface area (Å²) >= 11 is 1.65. The zero-order valence-corrected chi connectivity index (χ0v) is 22.1. The summed E-state index contributed by atoms with van der Waals surface area (Å²) in [6.45, 7) is 12.2. The lowest BCUT2D eigenvalue weighted by Gasteiger charge is -2.24. The molecule has 0 amide bonds. The van der Waals surface area contributed by atoms with Gasteiger partial charge in [-0.25, -0.2) is 9.97 Å². The van der Waals surface area contributed by atoms with Crippen molar-refractivity contribution in [3.63, 3.8) is 0 Å². The topological polar surface area (TPSA) is 112 Å². The molecule has 4 N–H and O–H groups in total. The van der Waals surface area contributed by atoms with Gasteiger partial charge in [0.2, 0.25) is 0 Å². The highest BCUT2D eigenvalue weighted by atomic mass is 32.1. The van der Waals surface area contributed by atoms with Crippen LogP contribution in [0.3, 0.4) is 0 Å². The Morgan fingerprint density at radius 3 is 2.66 bits per heavy atom. The molecule has 1 saturated carbocycles. The maximum Gasteiger partial charge on any atom is 0.139 e. The van der Waals surface area contributed by atoms with Gasteiger partial charge in [-0.2, -0.15) is 0 Å². The van der Waals surface area contributed by atoms with E-state index in [9.17, 15) is 10.2 Å². The Hall–Kier alpha value is -2.33. The van der Waals surface area contributed by atoms with Gasteiger partial charge in [0.15, 0.2) is 0 Å². The van der Waals surface area contributed by atoms with Gasteiger partial charge < -0.3 is 25.6 Å². The summed E-state index contributed by atoms with van der Waals surface area (Å²) in [5.41, 5.74) is 5.11. The molecule has 4 rings (SSSR count). The lowest BCUT2D eigenvalue weighted by Crippen LogP contribution is -2.28. The van der Waals surface area contributed by atoms with Gasteiger partial charge in [0.05, 0.1) is 28.7 Å². The van der Waals surface area contributed by atoms with E-state index < -0.39 is 6.10 Å². The molecule has 0 aromatic carbocycles. The Bertz CT molecular complexity index is 1170. The van der Waals surface area contributed by atoms with E-state index in [0.717, 1.165) is 55.7 Å². The number of aryl methyl sites for hydroxylation is 1. The minimum Gasteiger partial charge on any atom is -0.396 e. The number of rotatable bonds is 10. The van der Waals surface area contributed by atoms with Crippen molar-refractivity contribution in [1.29, 1.82) is 0 Å². The van der Waals surface area contributed by atoms with Crippen LogP contribution in [0.4, 0.5) is 11.6 Å². The molecule has 4 unspecified atom stereocenters. The quantitative estimate of drug-likeness (QED) is 0.308. The number of nitrogens with one attached hydrogen (secondary N) is 2. The van der Waals surface area contributed by atoms with Gasteiger partial charge >= 0.3 is 0 Å². The van der Waals surface area contributed by atoms with Gasteiger partial charge in [-0.1, -0.05) is 13.8 Å². The fourth-order valence-corrected chi connectivity index (χ4v) is 6.17. The molecule has 0 aliphatic heterocycles. The summed E-state index contributed by atoms with van der Waals surface area (Å²) in [6, 6.07) is 2.00. The van der Waals surface area contributed by atoms with Crippen molar-refractivity contribution in [2.24, 2.45) is 11.8 Å². The molecule has 1 fully saturated rings. The summed E-state index contributed by atoms with van der Waals surface area (Å²) in [6.07, 6.45) is 2.80. The molecule has 0 saturated heterocycles. The van der Waals surface area contributed by atoms with E-state index in [4.69, 9.17) is 14.7 Å². The molecule has 1 aliphatic rings. The van der Waals surface area contributed by atoms with Gasteiger partial charge in [0, 0.05) is 43.8 Å². The number of thiazole rings is 1. The van der Waals surface area contributed by atoms with E-state index in [1.807, 2.05) is 33.0 Å². The first-order chi connectivity index (χ1) is 16.9. The number of hydrogen-bond donors (Lipinski definition) is 4. The molecular formula is C26H37N5O3S. The monoisotopic (exact) mass is 499 g/mol. The standard InChI is InChI=1S/C26H37N5O3S/c1-6-18-14(3)21(26-30-22-16(5)27-9-8-20(22)35-26)25(31-24(18)28-10-11-34-7-2)29-19-12-17(13-32)23(33)15(19)4/h8-9,15,17,19,23,32-33H,6-7,10-13H2,1-5H3,(H2,28,29,31). The van der Waals surface area contributed by atoms with Crippen molar-refractivity contribution < 1.29 is 14.9 Å². The Balaban J connectivity index is 1.80. The Morgan fingerprint density at radius 2 is 2.00 bits per heavy atom. The normalized spacial score (nSPS) is 22.1. The molecule has 8 nitrogen and oxygen atoms in total. The molecule has 0 radical (unpaired) electrons. The molecular weight excluding hydrogens is 462 g/mol. The number of nitrogens with zero attached hydrogens (tertiary/aromatic N) is 3. The molecule has 190 valence electrons. The Kier molecular flexibility index (Phi) is 8.21. The molecule has 3 aromatic rings. The SMILES string of the molecule is CCOCCNc1nc(NC2CC(CO)C(O)C2C)c(-c2nc3c(C)nccc3s2)c(C)c1CC. The van der Waals surface area contributed by atoms with Crippen LogP contribution in [0.15, 0.2) is 12.3 Å². The molecule has 0 spiro atoms. The van der Waals surface area contributed by atoms with Crippen molar-refractivity contribution in [3.8, 4) is 10.6 Å². The zero-order valence-electron chi connectivity index (χ0n) is 21.3. The smallest absolute Gasteiger partial charge is 0.139 e. The summed E-state index contributed by atoms with van der Waals surface area (Å²) in [7, 11) is 0. The first-order valence-electron chi connectivity index (χ1n) is 12.5. The summed E-state index contributed by atoms with van der Waals surface area (Å²) in [5.74, 6) is 1.46. The zero-order chi connectivity index (χ0) is 25.1. The van der Waals surface area contributed by atoms with Crippen molar-refractivity contribution in [2.75, 3.05) is 37.0 Å². The second-order valence-electron chi connectivity index (χ2n) is 9.31. The molecule has 9 heteroatoms. The van der Waals surface area contributed by atoms with Crippen molar-refractivity contribution in [2.45, 2.75) is 59.6 Å². The van der Waals surface area contributed by atoms with Crippen molar-refractivity contribution >= 4 is 33.2 Å². The minimum atomic E-state index is -0.545. The second kappa shape index (κ2) is 11.2. The summed E-state index contributed by atoms with van der Waals surface area (Å²) in [5, 5.41) is 28.4. The first-order valence-corrected chi connectivity index (χ1v) is 13.3. The minimum absolute atomic E-state index is 0.00525. The highest BCUT2D eigenvalue weighted by Crippen LogP contribution is 2.42. The maximum atomic E-state index is 10.6. The van der Waals surface area contributed by atoms with Crippen LogP contribution >= 0.6 is 11.3 Å². The van der Waals surface area contributed by atoms with Gasteiger partial charge in [-0.3, -0.25) is 4.98 Å². The lowest BCUT2D eigenvalue weighted by atomic mass is 10.00. The molecule has 3 heterocycles.